The molecule has 1 aliphatic rings. The fourth-order valence-electron chi connectivity index (χ4n) is 2.92. The molecule has 0 unspecified atom stereocenters. The van der Waals surface area contributed by atoms with Crippen LogP contribution in [0.3, 0.4) is 0 Å². The van der Waals surface area contributed by atoms with Crippen LogP contribution in [0, 0.1) is 0 Å². The Labute approximate surface area is 163 Å². The van der Waals surface area contributed by atoms with Gasteiger partial charge in [-0.1, -0.05) is 6.07 Å². The Morgan fingerprint density at radius 1 is 1.22 bits per heavy atom. The zero-order valence-electron chi connectivity index (χ0n) is 17.0. The average molecular weight is 397 g/mol. The summed E-state index contributed by atoms with van der Waals surface area (Å²) < 4.78 is 29.0. The van der Waals surface area contributed by atoms with Crippen molar-refractivity contribution in [3.05, 3.63) is 24.3 Å². The number of ether oxygens (including phenoxy) is 1. The number of anilines is 1. The highest BCUT2D eigenvalue weighted by Gasteiger charge is 2.28. The van der Waals surface area contributed by atoms with Gasteiger partial charge in [0.15, 0.2) is 15.8 Å². The summed E-state index contributed by atoms with van der Waals surface area (Å²) >= 11 is 0. The van der Waals surface area contributed by atoms with E-state index in [0.717, 1.165) is 43.6 Å². The third-order valence-electron chi connectivity index (χ3n) is 4.80. The molecule has 7 nitrogen and oxygen atoms in total. The first-order valence-corrected chi connectivity index (χ1v) is 10.9. The van der Waals surface area contributed by atoms with E-state index in [-0.39, 0.29) is 5.75 Å². The molecule has 1 heterocycles. The van der Waals surface area contributed by atoms with Gasteiger partial charge in [0, 0.05) is 51.5 Å². The number of aliphatic imine (C=N–C) groups is 1. The Morgan fingerprint density at radius 2 is 1.89 bits per heavy atom. The van der Waals surface area contributed by atoms with Gasteiger partial charge in [-0.2, -0.15) is 0 Å². The van der Waals surface area contributed by atoms with Crippen LogP contribution in [0.5, 0.6) is 5.75 Å². The minimum Gasteiger partial charge on any atom is -0.497 e. The third-order valence-corrected chi connectivity index (χ3v) is 7.40. The lowest BCUT2D eigenvalue weighted by molar-refractivity contribution is 0.373. The van der Waals surface area contributed by atoms with Gasteiger partial charge in [0.1, 0.15) is 5.75 Å². The highest BCUT2D eigenvalue weighted by atomic mass is 32.2. The predicted octanol–water partition coefficient (Wildman–Crippen LogP) is 1.61. The van der Waals surface area contributed by atoms with Gasteiger partial charge < -0.3 is 19.9 Å². The van der Waals surface area contributed by atoms with Crippen molar-refractivity contribution in [3.63, 3.8) is 0 Å². The van der Waals surface area contributed by atoms with Crippen LogP contribution in [0.25, 0.3) is 0 Å². The predicted molar refractivity (Wildman–Crippen MR) is 112 cm³/mol. The topological polar surface area (TPSA) is 74.2 Å². The van der Waals surface area contributed by atoms with E-state index in [1.54, 1.807) is 34.9 Å². The van der Waals surface area contributed by atoms with Crippen molar-refractivity contribution in [1.82, 2.24) is 10.2 Å². The standard InChI is InChI=1S/C19H32N4O3S/c1-19(2,3)27(24,25)14-9-21-18(20-4)23-12-10-22(11-13-23)16-7-6-8-17(15-16)26-5/h6-8,15H,9-14H2,1-5H3,(H,20,21). The molecule has 0 atom stereocenters. The number of benzene rings is 1. The number of guanidine groups is 1. The van der Waals surface area contributed by atoms with E-state index in [2.05, 4.69) is 26.2 Å². The van der Waals surface area contributed by atoms with Crippen LogP contribution in [-0.2, 0) is 9.84 Å². The smallest absolute Gasteiger partial charge is 0.193 e. The minimum absolute atomic E-state index is 0.0965. The molecule has 1 aliphatic heterocycles. The molecule has 27 heavy (non-hydrogen) atoms. The molecule has 0 bridgehead atoms. The molecule has 152 valence electrons. The summed E-state index contributed by atoms with van der Waals surface area (Å²) in [6.07, 6.45) is 0. The summed E-state index contributed by atoms with van der Waals surface area (Å²) in [7, 11) is 0.264. The van der Waals surface area contributed by atoms with E-state index >= 15 is 0 Å². The maximum absolute atomic E-state index is 12.2. The second kappa shape index (κ2) is 8.82. The molecule has 1 fully saturated rings. The van der Waals surface area contributed by atoms with Gasteiger partial charge in [-0.25, -0.2) is 8.42 Å². The Morgan fingerprint density at radius 3 is 2.44 bits per heavy atom. The number of piperazine rings is 1. The monoisotopic (exact) mass is 396 g/mol. The van der Waals surface area contributed by atoms with Gasteiger partial charge in [0.2, 0.25) is 0 Å². The van der Waals surface area contributed by atoms with E-state index in [9.17, 15) is 8.42 Å². The van der Waals surface area contributed by atoms with Crippen LogP contribution in [0.15, 0.2) is 29.3 Å². The second-order valence-corrected chi connectivity index (χ2v) is 10.4. The maximum atomic E-state index is 12.2. The van der Waals surface area contributed by atoms with Crippen LogP contribution in [-0.4, -0.2) is 76.7 Å². The molecule has 0 radical (unpaired) electrons. The number of sulfone groups is 1. The lowest BCUT2D eigenvalue weighted by Gasteiger charge is -2.37. The Hall–Kier alpha value is -1.96. The van der Waals surface area contributed by atoms with Gasteiger partial charge in [-0.05, 0) is 32.9 Å². The largest absolute Gasteiger partial charge is 0.497 e. The van der Waals surface area contributed by atoms with E-state index in [0.29, 0.717) is 6.54 Å². The quantitative estimate of drug-likeness (QED) is 0.602. The van der Waals surface area contributed by atoms with Gasteiger partial charge in [0.05, 0.1) is 17.6 Å². The number of hydrogen-bond acceptors (Lipinski definition) is 5. The number of rotatable bonds is 5. The summed E-state index contributed by atoms with van der Waals surface area (Å²) in [6.45, 7) is 8.94. The first-order chi connectivity index (χ1) is 12.7. The summed E-state index contributed by atoms with van der Waals surface area (Å²) in [5.41, 5.74) is 1.15. The van der Waals surface area contributed by atoms with Crippen molar-refractivity contribution in [2.45, 2.75) is 25.5 Å². The lowest BCUT2D eigenvalue weighted by Crippen LogP contribution is -2.53. The number of hydrogen-bond donors (Lipinski definition) is 1. The van der Waals surface area contributed by atoms with Crippen LogP contribution < -0.4 is 15.0 Å². The number of methoxy groups -OCH3 is 1. The molecule has 1 aromatic carbocycles. The van der Waals surface area contributed by atoms with E-state index in [1.807, 2.05) is 18.2 Å². The molecule has 8 heteroatoms. The molecular formula is C19H32N4O3S. The van der Waals surface area contributed by atoms with Gasteiger partial charge in [-0.15, -0.1) is 0 Å². The van der Waals surface area contributed by atoms with Crippen molar-refractivity contribution < 1.29 is 13.2 Å². The highest BCUT2D eigenvalue weighted by Crippen LogP contribution is 2.22. The van der Waals surface area contributed by atoms with E-state index < -0.39 is 14.6 Å². The summed E-state index contributed by atoms with van der Waals surface area (Å²) in [4.78, 5) is 8.80. The molecule has 2 rings (SSSR count). The van der Waals surface area contributed by atoms with E-state index in [4.69, 9.17) is 4.74 Å². The first-order valence-electron chi connectivity index (χ1n) is 9.25. The van der Waals surface area contributed by atoms with Crippen molar-refractivity contribution >= 4 is 21.5 Å². The zero-order valence-corrected chi connectivity index (χ0v) is 17.8. The SMILES string of the molecule is CN=C(NCCS(=O)(=O)C(C)(C)C)N1CCN(c2cccc(OC)c2)CC1. The van der Waals surface area contributed by atoms with E-state index in [1.165, 1.54) is 0 Å². The molecule has 0 amide bonds. The van der Waals surface area contributed by atoms with Gasteiger partial charge in [0.25, 0.3) is 0 Å². The van der Waals surface area contributed by atoms with Crippen LogP contribution in [0.4, 0.5) is 5.69 Å². The molecule has 0 spiro atoms. The third kappa shape index (κ3) is 5.51. The van der Waals surface area contributed by atoms with Crippen LogP contribution in [0.2, 0.25) is 0 Å². The molecule has 1 aromatic rings. The Kier molecular flexibility index (Phi) is 6.97. The summed E-state index contributed by atoms with van der Waals surface area (Å²) in [6, 6.07) is 8.07. The average Bonchev–Trinajstić information content (AvgIpc) is 2.64. The number of nitrogens with zero attached hydrogens (tertiary/aromatic N) is 3. The molecule has 0 aromatic heterocycles. The Balaban J connectivity index is 1.88. The maximum Gasteiger partial charge on any atom is 0.193 e. The molecule has 0 saturated carbocycles. The Bertz CT molecular complexity index is 748. The van der Waals surface area contributed by atoms with Crippen molar-refractivity contribution in [3.8, 4) is 5.75 Å². The molecule has 1 saturated heterocycles. The van der Waals surface area contributed by atoms with Crippen molar-refractivity contribution in [2.75, 3.05) is 57.5 Å². The number of nitrogens with one attached hydrogen (secondary N) is 1. The summed E-state index contributed by atoms with van der Waals surface area (Å²) in [5, 5.41) is 3.20. The fraction of sp³-hybridized carbons (Fsp3) is 0.632. The van der Waals surface area contributed by atoms with Crippen molar-refractivity contribution in [1.29, 1.82) is 0 Å². The molecule has 1 N–H and O–H groups in total. The van der Waals surface area contributed by atoms with Gasteiger partial charge >= 0.3 is 0 Å². The lowest BCUT2D eigenvalue weighted by atomic mass is 10.2. The first kappa shape index (κ1) is 21.3. The normalized spacial score (nSPS) is 16.4. The minimum atomic E-state index is -3.14. The van der Waals surface area contributed by atoms with Crippen molar-refractivity contribution in [2.24, 2.45) is 4.99 Å². The fourth-order valence-corrected chi connectivity index (χ4v) is 3.90. The second-order valence-electron chi connectivity index (χ2n) is 7.58. The summed E-state index contributed by atoms with van der Waals surface area (Å²) in [5.74, 6) is 1.70. The van der Waals surface area contributed by atoms with Gasteiger partial charge in [-0.3, -0.25) is 4.99 Å². The highest BCUT2D eigenvalue weighted by molar-refractivity contribution is 7.92. The van der Waals surface area contributed by atoms with Crippen LogP contribution in [0.1, 0.15) is 20.8 Å². The zero-order chi connectivity index (χ0) is 20.1. The molecule has 0 aliphatic carbocycles. The molecular weight excluding hydrogens is 364 g/mol. The van der Waals surface area contributed by atoms with Crippen LogP contribution >= 0.6 is 0 Å².